The molecule has 1 nitrogen and oxygen atoms in total. The number of hydrogen-bond donors (Lipinski definition) is 0. The molecular weight excluding hydrogens is 88.1 g/mol. The summed E-state index contributed by atoms with van der Waals surface area (Å²) in [5.41, 5.74) is 0. The Balaban J connectivity index is 2.68. The molecule has 0 rings (SSSR count). The summed E-state index contributed by atoms with van der Waals surface area (Å²) in [6.45, 7) is 5.08. The lowest BCUT2D eigenvalue weighted by atomic mass is 10.1. The van der Waals surface area contributed by atoms with E-state index in [1.54, 1.807) is 7.11 Å². The third kappa shape index (κ3) is 5.96. The maximum Gasteiger partial charge on any atom is 0.0467 e. The second-order valence-corrected chi connectivity index (χ2v) is 1.95. The minimum atomic E-state index is 0.863. The Morgan fingerprint density at radius 3 is 2.14 bits per heavy atom. The van der Waals surface area contributed by atoms with Crippen LogP contribution >= 0.6 is 0 Å². The van der Waals surface area contributed by atoms with Gasteiger partial charge in [0.15, 0.2) is 0 Å². The molecule has 43 valence electrons. The first-order chi connectivity index (χ1) is 3.27. The van der Waals surface area contributed by atoms with Crippen LogP contribution in [-0.4, -0.2) is 13.7 Å². The quantitative estimate of drug-likeness (QED) is 0.525. The van der Waals surface area contributed by atoms with Crippen LogP contribution in [0.3, 0.4) is 0 Å². The number of rotatable bonds is 3. The van der Waals surface area contributed by atoms with Gasteiger partial charge in [-0.25, -0.2) is 0 Å². The second kappa shape index (κ2) is 4.13. The number of ether oxygens (including phenoxy) is 1. The van der Waals surface area contributed by atoms with E-state index in [0.29, 0.717) is 0 Å². The first-order valence-electron chi connectivity index (χ1n) is 2.55. The van der Waals surface area contributed by atoms with Crippen molar-refractivity contribution in [2.24, 2.45) is 0 Å². The molecule has 7 heavy (non-hydrogen) atoms. The van der Waals surface area contributed by atoms with Gasteiger partial charge in [-0.2, -0.15) is 0 Å². The highest BCUT2D eigenvalue weighted by Crippen LogP contribution is 1.99. The highest BCUT2D eigenvalue weighted by molar-refractivity contribution is 4.75. The molecule has 0 aliphatic heterocycles. The average Bonchev–Trinajstić information content (AvgIpc) is 1.61. The first-order valence-corrected chi connectivity index (χ1v) is 2.55. The summed E-state index contributed by atoms with van der Waals surface area (Å²) in [6.07, 6.45) is 1.09. The topological polar surface area (TPSA) is 9.23 Å². The largest absolute Gasteiger partial charge is 0.385 e. The standard InChI is InChI=1S/C6H13O/c1-6(2)4-5-7-3/h4-5H2,1-3H3. The minimum Gasteiger partial charge on any atom is -0.385 e. The van der Waals surface area contributed by atoms with Crippen LogP contribution in [0.1, 0.15) is 20.3 Å². The molecule has 0 N–H and O–H groups in total. The maximum absolute atomic E-state index is 4.83. The van der Waals surface area contributed by atoms with E-state index in [1.165, 1.54) is 5.92 Å². The lowest BCUT2D eigenvalue weighted by Crippen LogP contribution is -1.92. The Kier molecular flexibility index (Phi) is 4.10. The van der Waals surface area contributed by atoms with Crippen molar-refractivity contribution >= 4 is 0 Å². The molecular formula is C6H13O. The van der Waals surface area contributed by atoms with Crippen molar-refractivity contribution in [1.29, 1.82) is 0 Å². The van der Waals surface area contributed by atoms with Gasteiger partial charge in [0.2, 0.25) is 0 Å². The molecule has 0 aromatic rings. The van der Waals surface area contributed by atoms with Crippen LogP contribution in [0.4, 0.5) is 0 Å². The van der Waals surface area contributed by atoms with E-state index >= 15 is 0 Å². The molecule has 0 unspecified atom stereocenters. The van der Waals surface area contributed by atoms with Crippen LogP contribution in [0.5, 0.6) is 0 Å². The van der Waals surface area contributed by atoms with Crippen molar-refractivity contribution < 1.29 is 4.74 Å². The van der Waals surface area contributed by atoms with Gasteiger partial charge < -0.3 is 4.74 Å². The van der Waals surface area contributed by atoms with Crippen LogP contribution < -0.4 is 0 Å². The van der Waals surface area contributed by atoms with Gasteiger partial charge in [0.1, 0.15) is 0 Å². The predicted molar refractivity (Wildman–Crippen MR) is 31.1 cm³/mol. The monoisotopic (exact) mass is 101 g/mol. The molecule has 1 heteroatoms. The number of hydrogen-bond acceptors (Lipinski definition) is 1. The van der Waals surface area contributed by atoms with Crippen LogP contribution in [-0.2, 0) is 4.74 Å². The Morgan fingerprint density at radius 1 is 1.43 bits per heavy atom. The molecule has 0 atom stereocenters. The maximum atomic E-state index is 4.83. The lowest BCUT2D eigenvalue weighted by molar-refractivity contribution is 0.198. The molecule has 0 fully saturated rings. The predicted octanol–water partition coefficient (Wildman–Crippen LogP) is 1.64. The fourth-order valence-electron chi connectivity index (χ4n) is 0.306. The molecule has 1 radical (unpaired) electrons. The van der Waals surface area contributed by atoms with Gasteiger partial charge in [-0.3, -0.25) is 0 Å². The van der Waals surface area contributed by atoms with Crippen molar-refractivity contribution in [2.75, 3.05) is 13.7 Å². The van der Waals surface area contributed by atoms with Crippen LogP contribution in [0.15, 0.2) is 0 Å². The highest BCUT2D eigenvalue weighted by atomic mass is 16.5. The van der Waals surface area contributed by atoms with Crippen molar-refractivity contribution in [3.8, 4) is 0 Å². The van der Waals surface area contributed by atoms with E-state index in [9.17, 15) is 0 Å². The summed E-state index contributed by atoms with van der Waals surface area (Å²) in [4.78, 5) is 0. The third-order valence-corrected chi connectivity index (χ3v) is 0.806. The zero-order valence-electron chi connectivity index (χ0n) is 5.32. The Labute approximate surface area is 45.7 Å². The molecule has 0 aromatic heterocycles. The van der Waals surface area contributed by atoms with Crippen molar-refractivity contribution in [1.82, 2.24) is 0 Å². The van der Waals surface area contributed by atoms with Crippen molar-refractivity contribution in [2.45, 2.75) is 20.3 Å². The molecule has 0 spiro atoms. The molecule has 0 amide bonds. The molecule has 0 aromatic carbocycles. The Bertz CT molecular complexity index is 33.2. The lowest BCUT2D eigenvalue weighted by Gasteiger charge is -1.99. The van der Waals surface area contributed by atoms with Crippen molar-refractivity contribution in [3.63, 3.8) is 0 Å². The van der Waals surface area contributed by atoms with Gasteiger partial charge in [-0.1, -0.05) is 13.8 Å². The highest BCUT2D eigenvalue weighted by Gasteiger charge is 1.89. The second-order valence-electron chi connectivity index (χ2n) is 1.95. The number of methoxy groups -OCH3 is 1. The van der Waals surface area contributed by atoms with Gasteiger partial charge in [-0.15, -0.1) is 0 Å². The zero-order chi connectivity index (χ0) is 5.70. The molecule has 0 aliphatic rings. The molecule has 0 saturated heterocycles. The third-order valence-electron chi connectivity index (χ3n) is 0.806. The Morgan fingerprint density at radius 2 is 2.00 bits per heavy atom. The normalized spacial score (nSPS) is 10.3. The van der Waals surface area contributed by atoms with E-state index in [2.05, 4.69) is 13.8 Å². The van der Waals surface area contributed by atoms with Crippen LogP contribution in [0.2, 0.25) is 0 Å². The fourth-order valence-corrected chi connectivity index (χ4v) is 0.306. The van der Waals surface area contributed by atoms with Gasteiger partial charge in [0.25, 0.3) is 0 Å². The summed E-state index contributed by atoms with van der Waals surface area (Å²) in [5, 5.41) is 0. The summed E-state index contributed by atoms with van der Waals surface area (Å²) in [6, 6.07) is 0. The summed E-state index contributed by atoms with van der Waals surface area (Å²) < 4.78 is 4.83. The first kappa shape index (κ1) is 6.96. The van der Waals surface area contributed by atoms with E-state index < -0.39 is 0 Å². The van der Waals surface area contributed by atoms with E-state index in [4.69, 9.17) is 4.74 Å². The summed E-state index contributed by atoms with van der Waals surface area (Å²) >= 11 is 0. The molecule has 0 saturated carbocycles. The van der Waals surface area contributed by atoms with E-state index in [0.717, 1.165) is 13.0 Å². The van der Waals surface area contributed by atoms with Gasteiger partial charge in [0, 0.05) is 13.7 Å². The zero-order valence-corrected chi connectivity index (χ0v) is 5.32. The smallest absolute Gasteiger partial charge is 0.0467 e. The Hall–Kier alpha value is -0.0400. The van der Waals surface area contributed by atoms with E-state index in [-0.39, 0.29) is 0 Å². The SMILES string of the molecule is COCC[C](C)C. The van der Waals surface area contributed by atoms with Gasteiger partial charge in [0.05, 0.1) is 0 Å². The molecule has 0 aliphatic carbocycles. The van der Waals surface area contributed by atoms with Crippen LogP contribution in [0, 0.1) is 5.92 Å². The molecule has 0 heterocycles. The average molecular weight is 101 g/mol. The van der Waals surface area contributed by atoms with Crippen LogP contribution in [0.25, 0.3) is 0 Å². The van der Waals surface area contributed by atoms with Crippen molar-refractivity contribution in [3.05, 3.63) is 5.92 Å². The minimum absolute atomic E-state index is 0.863. The summed E-state index contributed by atoms with van der Waals surface area (Å²) in [7, 11) is 1.73. The summed E-state index contributed by atoms with van der Waals surface area (Å²) in [5.74, 6) is 1.43. The van der Waals surface area contributed by atoms with E-state index in [1.807, 2.05) is 0 Å². The molecule has 0 bridgehead atoms. The fraction of sp³-hybridized carbons (Fsp3) is 0.833. The van der Waals surface area contributed by atoms with Gasteiger partial charge >= 0.3 is 0 Å². The van der Waals surface area contributed by atoms with Gasteiger partial charge in [-0.05, 0) is 12.3 Å².